The van der Waals surface area contributed by atoms with Gasteiger partial charge in [-0.25, -0.2) is 4.79 Å². The summed E-state index contributed by atoms with van der Waals surface area (Å²) in [4.78, 5) is 11.3. The van der Waals surface area contributed by atoms with E-state index in [2.05, 4.69) is 10.2 Å². The number of carbonyl (C=O) groups excluding carboxylic acids is 1. The number of hydrogen-bond donors (Lipinski definition) is 1. The number of nitrogens with one attached hydrogen (secondary N) is 1. The second-order valence-electron chi connectivity index (χ2n) is 3.03. The molecule has 0 spiro atoms. The first kappa shape index (κ1) is 11.7. The number of ether oxygens (including phenoxy) is 2. The Labute approximate surface area is 88.8 Å². The van der Waals surface area contributed by atoms with Crippen molar-refractivity contribution >= 4 is 5.97 Å². The Kier molecular flexibility index (Phi) is 4.30. The standard InChI is InChI=1S/C10H16N2O3/c1-4-14-7(3)8-6-9(12-11-8)10(13)15-5-2/h6-7H,4-5H2,1-3H3,(H,11,12). The molecular formula is C10H16N2O3. The van der Waals surface area contributed by atoms with Gasteiger partial charge in [-0.1, -0.05) is 0 Å². The lowest BCUT2D eigenvalue weighted by Gasteiger charge is -2.07. The Bertz CT molecular complexity index is 322. The van der Waals surface area contributed by atoms with Crippen molar-refractivity contribution in [1.29, 1.82) is 0 Å². The number of rotatable bonds is 5. The maximum atomic E-state index is 11.3. The van der Waals surface area contributed by atoms with Crippen LogP contribution in [0, 0.1) is 0 Å². The third kappa shape index (κ3) is 3.06. The molecule has 84 valence electrons. The smallest absolute Gasteiger partial charge is 0.358 e. The molecule has 5 heteroatoms. The van der Waals surface area contributed by atoms with Gasteiger partial charge in [0.25, 0.3) is 0 Å². The first-order chi connectivity index (χ1) is 7.19. The molecule has 0 aliphatic heterocycles. The molecule has 1 heterocycles. The maximum Gasteiger partial charge on any atom is 0.358 e. The van der Waals surface area contributed by atoms with Crippen LogP contribution < -0.4 is 0 Å². The number of esters is 1. The molecule has 0 saturated carbocycles. The molecule has 15 heavy (non-hydrogen) atoms. The molecule has 0 amide bonds. The number of hydrogen-bond acceptors (Lipinski definition) is 4. The van der Waals surface area contributed by atoms with Crippen LogP contribution in [-0.2, 0) is 9.47 Å². The molecule has 0 fully saturated rings. The predicted octanol–water partition coefficient (Wildman–Crippen LogP) is 1.68. The van der Waals surface area contributed by atoms with Gasteiger partial charge in [-0.3, -0.25) is 5.10 Å². The van der Waals surface area contributed by atoms with Crippen LogP contribution in [0.3, 0.4) is 0 Å². The van der Waals surface area contributed by atoms with Crippen LogP contribution in [-0.4, -0.2) is 29.4 Å². The number of H-pyrrole nitrogens is 1. The van der Waals surface area contributed by atoms with Crippen LogP contribution in [0.2, 0.25) is 0 Å². The summed E-state index contributed by atoms with van der Waals surface area (Å²) in [5, 5.41) is 6.61. The van der Waals surface area contributed by atoms with E-state index in [-0.39, 0.29) is 6.10 Å². The molecule has 0 bridgehead atoms. The third-order valence-electron chi connectivity index (χ3n) is 1.94. The minimum Gasteiger partial charge on any atom is -0.461 e. The molecule has 1 unspecified atom stereocenters. The van der Waals surface area contributed by atoms with Crippen molar-refractivity contribution in [3.05, 3.63) is 17.5 Å². The van der Waals surface area contributed by atoms with Crippen LogP contribution in [0.1, 0.15) is 43.1 Å². The summed E-state index contributed by atoms with van der Waals surface area (Å²) in [5.74, 6) is -0.413. The second kappa shape index (κ2) is 5.50. The van der Waals surface area contributed by atoms with E-state index >= 15 is 0 Å². The number of aromatic amines is 1. The quantitative estimate of drug-likeness (QED) is 0.754. The molecule has 1 atom stereocenters. The van der Waals surface area contributed by atoms with Crippen molar-refractivity contribution < 1.29 is 14.3 Å². The van der Waals surface area contributed by atoms with Gasteiger partial charge in [-0.15, -0.1) is 0 Å². The largest absolute Gasteiger partial charge is 0.461 e. The lowest BCUT2D eigenvalue weighted by Crippen LogP contribution is -2.04. The fraction of sp³-hybridized carbons (Fsp3) is 0.600. The molecule has 0 aliphatic carbocycles. The molecule has 0 saturated heterocycles. The van der Waals surface area contributed by atoms with E-state index in [1.807, 2.05) is 13.8 Å². The van der Waals surface area contributed by atoms with Gasteiger partial charge >= 0.3 is 5.97 Å². The molecule has 1 rings (SSSR count). The van der Waals surface area contributed by atoms with Gasteiger partial charge in [-0.05, 0) is 26.8 Å². The third-order valence-corrected chi connectivity index (χ3v) is 1.94. The lowest BCUT2D eigenvalue weighted by molar-refractivity contribution is 0.0519. The summed E-state index contributed by atoms with van der Waals surface area (Å²) in [5.41, 5.74) is 1.07. The average Bonchev–Trinajstić information content (AvgIpc) is 2.67. The number of nitrogens with zero attached hydrogens (tertiary/aromatic N) is 1. The van der Waals surface area contributed by atoms with Gasteiger partial charge in [0.15, 0.2) is 5.69 Å². The Balaban J connectivity index is 2.67. The summed E-state index contributed by atoms with van der Waals surface area (Å²) >= 11 is 0. The summed E-state index contributed by atoms with van der Waals surface area (Å²) in [6.45, 7) is 6.54. The highest BCUT2D eigenvalue weighted by Crippen LogP contribution is 2.14. The molecule has 1 aromatic rings. The van der Waals surface area contributed by atoms with E-state index in [4.69, 9.17) is 9.47 Å². The Morgan fingerprint density at radius 1 is 1.53 bits per heavy atom. The van der Waals surface area contributed by atoms with Gasteiger partial charge < -0.3 is 9.47 Å². The molecule has 5 nitrogen and oxygen atoms in total. The summed E-state index contributed by atoms with van der Waals surface area (Å²) in [6, 6.07) is 1.65. The van der Waals surface area contributed by atoms with Crippen LogP contribution in [0.5, 0.6) is 0 Å². The normalized spacial score (nSPS) is 12.5. The monoisotopic (exact) mass is 212 g/mol. The average molecular weight is 212 g/mol. The zero-order chi connectivity index (χ0) is 11.3. The summed E-state index contributed by atoms with van der Waals surface area (Å²) in [7, 11) is 0. The first-order valence-corrected chi connectivity index (χ1v) is 5.03. The molecule has 1 aromatic heterocycles. The molecule has 0 aromatic carbocycles. The van der Waals surface area contributed by atoms with Crippen molar-refractivity contribution in [3.8, 4) is 0 Å². The topological polar surface area (TPSA) is 64.2 Å². The predicted molar refractivity (Wildman–Crippen MR) is 54.6 cm³/mol. The van der Waals surface area contributed by atoms with E-state index in [9.17, 15) is 4.79 Å². The Hall–Kier alpha value is -1.36. The van der Waals surface area contributed by atoms with Crippen molar-refractivity contribution in [2.45, 2.75) is 26.9 Å². The van der Waals surface area contributed by atoms with Gasteiger partial charge in [0.1, 0.15) is 0 Å². The van der Waals surface area contributed by atoms with Crippen LogP contribution in [0.15, 0.2) is 6.07 Å². The summed E-state index contributed by atoms with van der Waals surface area (Å²) < 4.78 is 10.2. The van der Waals surface area contributed by atoms with Crippen molar-refractivity contribution in [2.24, 2.45) is 0 Å². The first-order valence-electron chi connectivity index (χ1n) is 5.03. The zero-order valence-electron chi connectivity index (χ0n) is 9.24. The van der Waals surface area contributed by atoms with E-state index in [0.717, 1.165) is 5.69 Å². The van der Waals surface area contributed by atoms with Crippen molar-refractivity contribution in [1.82, 2.24) is 10.2 Å². The highest BCUT2D eigenvalue weighted by atomic mass is 16.5. The SMILES string of the molecule is CCOC(=O)c1cc(C(C)OCC)[nH]n1. The highest BCUT2D eigenvalue weighted by molar-refractivity contribution is 5.87. The number of aromatic nitrogens is 2. The van der Waals surface area contributed by atoms with E-state index < -0.39 is 5.97 Å². The summed E-state index contributed by atoms with van der Waals surface area (Å²) in [6.07, 6.45) is -0.0920. The Morgan fingerprint density at radius 2 is 2.27 bits per heavy atom. The van der Waals surface area contributed by atoms with E-state index in [1.165, 1.54) is 0 Å². The van der Waals surface area contributed by atoms with Crippen LogP contribution >= 0.6 is 0 Å². The molecule has 1 N–H and O–H groups in total. The van der Waals surface area contributed by atoms with Gasteiger partial charge in [-0.2, -0.15) is 5.10 Å². The molecular weight excluding hydrogens is 196 g/mol. The maximum absolute atomic E-state index is 11.3. The minimum absolute atomic E-state index is 0.0920. The van der Waals surface area contributed by atoms with Gasteiger partial charge in [0.2, 0.25) is 0 Å². The van der Waals surface area contributed by atoms with Gasteiger partial charge in [0.05, 0.1) is 18.4 Å². The minimum atomic E-state index is -0.413. The van der Waals surface area contributed by atoms with Crippen LogP contribution in [0.25, 0.3) is 0 Å². The molecule has 0 radical (unpaired) electrons. The zero-order valence-corrected chi connectivity index (χ0v) is 9.24. The van der Waals surface area contributed by atoms with Gasteiger partial charge in [0, 0.05) is 6.61 Å². The van der Waals surface area contributed by atoms with Crippen molar-refractivity contribution in [3.63, 3.8) is 0 Å². The highest BCUT2D eigenvalue weighted by Gasteiger charge is 2.14. The Morgan fingerprint density at radius 3 is 2.87 bits per heavy atom. The van der Waals surface area contributed by atoms with E-state index in [1.54, 1.807) is 13.0 Å². The fourth-order valence-corrected chi connectivity index (χ4v) is 1.19. The van der Waals surface area contributed by atoms with Crippen LogP contribution in [0.4, 0.5) is 0 Å². The second-order valence-corrected chi connectivity index (χ2v) is 3.03. The van der Waals surface area contributed by atoms with Crippen molar-refractivity contribution in [2.75, 3.05) is 13.2 Å². The molecule has 0 aliphatic rings. The lowest BCUT2D eigenvalue weighted by atomic mass is 10.2. The number of carbonyl (C=O) groups is 1. The van der Waals surface area contributed by atoms with E-state index in [0.29, 0.717) is 18.9 Å². The fourth-order valence-electron chi connectivity index (χ4n) is 1.19.